The number of amides is 1. The number of nitrogens with one attached hydrogen (secondary N) is 1. The second-order valence-electron chi connectivity index (χ2n) is 4.47. The van der Waals surface area contributed by atoms with Gasteiger partial charge in [-0.2, -0.15) is 10.2 Å². The van der Waals surface area contributed by atoms with Gasteiger partial charge >= 0.3 is 0 Å². The first-order valence-electron chi connectivity index (χ1n) is 5.92. The van der Waals surface area contributed by atoms with E-state index in [9.17, 15) is 4.79 Å². The molecule has 0 saturated heterocycles. The predicted molar refractivity (Wildman–Crippen MR) is 73.3 cm³/mol. The molecule has 19 heavy (non-hydrogen) atoms. The van der Waals surface area contributed by atoms with Crippen LogP contribution in [0.5, 0.6) is 0 Å². The molecule has 0 radical (unpaired) electrons. The minimum atomic E-state index is -0.451. The van der Waals surface area contributed by atoms with E-state index in [0.29, 0.717) is 10.8 Å². The Kier molecular flexibility index (Phi) is 3.61. The highest BCUT2D eigenvalue weighted by atomic mass is 35.5. The number of carbonyl (C=O) groups excluding carboxylic acids is 1. The monoisotopic (exact) mass is 281 g/mol. The fourth-order valence-corrected chi connectivity index (χ4v) is 1.97. The molecule has 1 amide bonds. The molecule has 1 unspecified atom stereocenters. The minimum Gasteiger partial charge on any atom is -0.307 e. The normalized spacial score (nSPS) is 12.5. The van der Waals surface area contributed by atoms with E-state index in [4.69, 9.17) is 11.6 Å². The summed E-state index contributed by atoms with van der Waals surface area (Å²) in [6.45, 7) is 5.43. The molecule has 2 aromatic heterocycles. The first-order valence-corrected chi connectivity index (χ1v) is 6.29. The average molecular weight is 282 g/mol. The van der Waals surface area contributed by atoms with Crippen LogP contribution in [0.25, 0.3) is 0 Å². The molecule has 6 nitrogen and oxygen atoms in total. The van der Waals surface area contributed by atoms with Gasteiger partial charge in [0, 0.05) is 19.3 Å². The quantitative estimate of drug-likeness (QED) is 0.937. The number of carbonyl (C=O) groups is 1. The minimum absolute atomic E-state index is 0.180. The van der Waals surface area contributed by atoms with Gasteiger partial charge in [-0.15, -0.1) is 0 Å². The number of halogens is 1. The summed E-state index contributed by atoms with van der Waals surface area (Å²) in [4.78, 5) is 12.1. The van der Waals surface area contributed by atoms with E-state index in [1.54, 1.807) is 35.6 Å². The third-order valence-corrected chi connectivity index (χ3v) is 3.49. The van der Waals surface area contributed by atoms with Crippen LogP contribution in [0.3, 0.4) is 0 Å². The molecule has 0 aliphatic rings. The molecule has 2 aromatic rings. The molecule has 0 spiro atoms. The first-order chi connectivity index (χ1) is 8.90. The Morgan fingerprint density at radius 1 is 1.42 bits per heavy atom. The number of hydrogen-bond donors (Lipinski definition) is 1. The zero-order valence-electron chi connectivity index (χ0n) is 11.3. The van der Waals surface area contributed by atoms with Crippen LogP contribution < -0.4 is 5.32 Å². The Hall–Kier alpha value is -1.82. The lowest BCUT2D eigenvalue weighted by Gasteiger charge is -2.13. The van der Waals surface area contributed by atoms with Gasteiger partial charge in [0.25, 0.3) is 0 Å². The van der Waals surface area contributed by atoms with Crippen LogP contribution in [0.2, 0.25) is 5.02 Å². The molecule has 0 aliphatic heterocycles. The van der Waals surface area contributed by atoms with Crippen LogP contribution in [-0.2, 0) is 11.8 Å². The van der Waals surface area contributed by atoms with Gasteiger partial charge in [-0.3, -0.25) is 14.2 Å². The van der Waals surface area contributed by atoms with Crippen molar-refractivity contribution in [2.75, 3.05) is 5.32 Å². The van der Waals surface area contributed by atoms with Gasteiger partial charge in [0.2, 0.25) is 5.91 Å². The number of aryl methyl sites for hydroxylation is 2. The number of hydrogen-bond acceptors (Lipinski definition) is 3. The third kappa shape index (κ3) is 2.63. The van der Waals surface area contributed by atoms with Crippen molar-refractivity contribution in [1.29, 1.82) is 0 Å². The second kappa shape index (κ2) is 5.05. The molecule has 2 heterocycles. The van der Waals surface area contributed by atoms with Gasteiger partial charge in [-0.05, 0) is 20.8 Å². The van der Waals surface area contributed by atoms with Crippen molar-refractivity contribution >= 4 is 23.3 Å². The lowest BCUT2D eigenvalue weighted by Crippen LogP contribution is -2.25. The Morgan fingerprint density at radius 2 is 2.11 bits per heavy atom. The van der Waals surface area contributed by atoms with Gasteiger partial charge in [0.05, 0.1) is 16.4 Å². The third-order valence-electron chi connectivity index (χ3n) is 2.95. The number of rotatable bonds is 3. The topological polar surface area (TPSA) is 64.7 Å². The molecule has 2 rings (SSSR count). The summed E-state index contributed by atoms with van der Waals surface area (Å²) in [6.07, 6.45) is 1.76. The molecule has 1 N–H and O–H groups in total. The van der Waals surface area contributed by atoms with Crippen molar-refractivity contribution in [1.82, 2.24) is 19.6 Å². The lowest BCUT2D eigenvalue weighted by atomic mass is 10.3. The Bertz CT molecular complexity index is 616. The van der Waals surface area contributed by atoms with Crippen molar-refractivity contribution in [2.45, 2.75) is 26.8 Å². The van der Waals surface area contributed by atoms with E-state index >= 15 is 0 Å². The first kappa shape index (κ1) is 13.6. The molecule has 0 saturated carbocycles. The maximum Gasteiger partial charge on any atom is 0.250 e. The highest BCUT2D eigenvalue weighted by Crippen LogP contribution is 2.22. The summed E-state index contributed by atoms with van der Waals surface area (Å²) in [5, 5.41) is 11.7. The maximum atomic E-state index is 12.1. The van der Waals surface area contributed by atoms with E-state index in [2.05, 4.69) is 15.5 Å². The van der Waals surface area contributed by atoms with E-state index in [0.717, 1.165) is 11.4 Å². The Labute approximate surface area is 116 Å². The number of anilines is 1. The molecule has 1 atom stereocenters. The maximum absolute atomic E-state index is 12.1. The van der Waals surface area contributed by atoms with Gasteiger partial charge in [-0.1, -0.05) is 11.6 Å². The Morgan fingerprint density at radius 3 is 2.58 bits per heavy atom. The van der Waals surface area contributed by atoms with Crippen molar-refractivity contribution < 1.29 is 4.79 Å². The second-order valence-corrected chi connectivity index (χ2v) is 4.85. The van der Waals surface area contributed by atoms with Gasteiger partial charge < -0.3 is 5.32 Å². The van der Waals surface area contributed by atoms with Crippen LogP contribution in [0.4, 0.5) is 5.82 Å². The van der Waals surface area contributed by atoms with E-state index in [1.807, 2.05) is 13.8 Å². The summed E-state index contributed by atoms with van der Waals surface area (Å²) < 4.78 is 3.25. The van der Waals surface area contributed by atoms with E-state index in [-0.39, 0.29) is 5.91 Å². The Balaban J connectivity index is 2.17. The standard InChI is InChI=1S/C12H16ClN5O/c1-7-11(13)8(2)18(15-7)9(3)12(19)14-10-5-6-17(4)16-10/h5-6,9H,1-4H3,(H,14,16,19). The highest BCUT2D eigenvalue weighted by molar-refractivity contribution is 6.31. The smallest absolute Gasteiger partial charge is 0.250 e. The molecule has 0 aromatic carbocycles. The van der Waals surface area contributed by atoms with Crippen molar-refractivity contribution in [3.05, 3.63) is 28.7 Å². The average Bonchev–Trinajstić information content (AvgIpc) is 2.87. The number of nitrogens with zero attached hydrogens (tertiary/aromatic N) is 4. The molecule has 7 heteroatoms. The summed E-state index contributed by atoms with van der Waals surface area (Å²) >= 11 is 6.08. The van der Waals surface area contributed by atoms with Crippen LogP contribution in [0.15, 0.2) is 12.3 Å². The summed E-state index contributed by atoms with van der Waals surface area (Å²) in [5.41, 5.74) is 1.50. The summed E-state index contributed by atoms with van der Waals surface area (Å²) in [7, 11) is 1.79. The summed E-state index contributed by atoms with van der Waals surface area (Å²) in [5.74, 6) is 0.341. The van der Waals surface area contributed by atoms with Crippen LogP contribution >= 0.6 is 11.6 Å². The summed E-state index contributed by atoms with van der Waals surface area (Å²) in [6, 6.07) is 1.28. The molecular weight excluding hydrogens is 266 g/mol. The predicted octanol–water partition coefficient (Wildman–Crippen LogP) is 2.09. The van der Waals surface area contributed by atoms with Gasteiger partial charge in [0.1, 0.15) is 6.04 Å². The fraction of sp³-hybridized carbons (Fsp3) is 0.417. The largest absolute Gasteiger partial charge is 0.307 e. The van der Waals surface area contributed by atoms with E-state index in [1.165, 1.54) is 0 Å². The molecule has 0 aliphatic carbocycles. The molecule has 0 bridgehead atoms. The van der Waals surface area contributed by atoms with Crippen molar-refractivity contribution in [3.63, 3.8) is 0 Å². The van der Waals surface area contributed by atoms with Gasteiger partial charge in [0.15, 0.2) is 5.82 Å². The SMILES string of the molecule is Cc1nn(C(C)C(=O)Nc2ccn(C)n2)c(C)c1Cl. The van der Waals surface area contributed by atoms with E-state index < -0.39 is 6.04 Å². The molecular formula is C12H16ClN5O. The zero-order chi connectivity index (χ0) is 14.2. The zero-order valence-corrected chi connectivity index (χ0v) is 12.1. The number of aromatic nitrogens is 4. The van der Waals surface area contributed by atoms with Gasteiger partial charge in [-0.25, -0.2) is 0 Å². The highest BCUT2D eigenvalue weighted by Gasteiger charge is 2.21. The van der Waals surface area contributed by atoms with Crippen molar-refractivity contribution in [3.8, 4) is 0 Å². The van der Waals surface area contributed by atoms with Crippen LogP contribution in [-0.4, -0.2) is 25.5 Å². The van der Waals surface area contributed by atoms with Crippen LogP contribution in [0.1, 0.15) is 24.4 Å². The molecule has 0 fully saturated rings. The van der Waals surface area contributed by atoms with Crippen molar-refractivity contribution in [2.24, 2.45) is 7.05 Å². The fourth-order valence-electron chi connectivity index (χ4n) is 1.84. The van der Waals surface area contributed by atoms with Crippen LogP contribution in [0, 0.1) is 13.8 Å². The molecule has 102 valence electrons. The lowest BCUT2D eigenvalue weighted by molar-refractivity contribution is -0.119.